The van der Waals surface area contributed by atoms with Crippen molar-refractivity contribution in [3.63, 3.8) is 0 Å². The number of anilines is 3. The molecular weight excluding hydrogens is 388 g/mol. The number of rotatable bonds is 5. The Morgan fingerprint density at radius 1 is 1.00 bits per heavy atom. The van der Waals surface area contributed by atoms with Crippen molar-refractivity contribution in [2.75, 3.05) is 17.2 Å². The van der Waals surface area contributed by atoms with Gasteiger partial charge in [-0.05, 0) is 73.7 Å². The first kappa shape index (κ1) is 20.3. The van der Waals surface area contributed by atoms with Gasteiger partial charge in [-0.25, -0.2) is 9.78 Å². The molecular formula is C24H24N6O. The number of fused-ring (bicyclic) bond motifs is 1. The number of carbonyl (C=O) groups excluding carboxylic acids is 1. The molecule has 7 nitrogen and oxygen atoms in total. The number of benzene rings is 1. The lowest BCUT2D eigenvalue weighted by molar-refractivity contribution is 0.252. The van der Waals surface area contributed by atoms with E-state index in [4.69, 9.17) is 0 Å². The van der Waals surface area contributed by atoms with Crippen molar-refractivity contribution < 1.29 is 4.79 Å². The average molecular weight is 412 g/mol. The molecule has 1 aromatic carbocycles. The molecule has 3 N–H and O–H groups in total. The highest BCUT2D eigenvalue weighted by atomic mass is 16.2. The van der Waals surface area contributed by atoms with E-state index in [1.165, 1.54) is 0 Å². The predicted octanol–water partition coefficient (Wildman–Crippen LogP) is 5.19. The number of carbonyl (C=O) groups is 1. The Hall–Kier alpha value is -4.00. The van der Waals surface area contributed by atoms with Crippen molar-refractivity contribution in [2.45, 2.75) is 20.8 Å². The lowest BCUT2D eigenvalue weighted by atomic mass is 9.97. The first-order chi connectivity index (χ1) is 15.0. The van der Waals surface area contributed by atoms with Crippen LogP contribution in [0.4, 0.5) is 22.0 Å². The minimum absolute atomic E-state index is 0.281. The second-order valence-electron chi connectivity index (χ2n) is 7.27. The Labute approximate surface area is 181 Å². The van der Waals surface area contributed by atoms with E-state index in [0.29, 0.717) is 12.4 Å². The van der Waals surface area contributed by atoms with Gasteiger partial charge in [-0.2, -0.15) is 0 Å². The second kappa shape index (κ2) is 8.79. The second-order valence-corrected chi connectivity index (χ2v) is 7.27. The molecule has 0 aliphatic rings. The van der Waals surface area contributed by atoms with Gasteiger partial charge >= 0.3 is 6.03 Å². The fraction of sp³-hybridized carbons (Fsp3) is 0.167. The van der Waals surface area contributed by atoms with Crippen molar-refractivity contribution in [3.8, 4) is 11.1 Å². The maximum absolute atomic E-state index is 12.0. The van der Waals surface area contributed by atoms with Gasteiger partial charge in [-0.15, -0.1) is 0 Å². The number of aromatic nitrogens is 3. The minimum atomic E-state index is -0.281. The van der Waals surface area contributed by atoms with Gasteiger partial charge in [0, 0.05) is 41.4 Å². The Morgan fingerprint density at radius 3 is 2.52 bits per heavy atom. The summed E-state index contributed by atoms with van der Waals surface area (Å²) in [5.41, 5.74) is 5.81. The van der Waals surface area contributed by atoms with Crippen LogP contribution in [0.2, 0.25) is 0 Å². The Balaban J connectivity index is 1.85. The van der Waals surface area contributed by atoms with E-state index < -0.39 is 0 Å². The zero-order valence-electron chi connectivity index (χ0n) is 17.7. The summed E-state index contributed by atoms with van der Waals surface area (Å²) in [5.74, 6) is 0.487. The number of hydrogen-bond acceptors (Lipinski definition) is 5. The van der Waals surface area contributed by atoms with Gasteiger partial charge in [-0.3, -0.25) is 15.3 Å². The third-order valence-corrected chi connectivity index (χ3v) is 4.81. The molecule has 0 aliphatic carbocycles. The van der Waals surface area contributed by atoms with Crippen LogP contribution in [-0.4, -0.2) is 27.5 Å². The predicted molar refractivity (Wildman–Crippen MR) is 125 cm³/mol. The van der Waals surface area contributed by atoms with Crippen molar-refractivity contribution in [2.24, 2.45) is 0 Å². The zero-order chi connectivity index (χ0) is 21.8. The van der Waals surface area contributed by atoms with Crippen LogP contribution in [0.5, 0.6) is 0 Å². The summed E-state index contributed by atoms with van der Waals surface area (Å²) in [6.07, 6.45) is 5.29. The Morgan fingerprint density at radius 2 is 1.81 bits per heavy atom. The van der Waals surface area contributed by atoms with E-state index in [1.807, 2.05) is 45.0 Å². The van der Waals surface area contributed by atoms with Gasteiger partial charge in [-0.1, -0.05) is 6.07 Å². The highest BCUT2D eigenvalue weighted by molar-refractivity contribution is 6.05. The molecule has 156 valence electrons. The number of urea groups is 1. The molecule has 2 amide bonds. The van der Waals surface area contributed by atoms with E-state index in [-0.39, 0.29) is 6.03 Å². The smallest absolute Gasteiger partial charge is 0.320 e. The van der Waals surface area contributed by atoms with Crippen LogP contribution in [0.25, 0.3) is 21.9 Å². The molecule has 0 spiro atoms. The molecule has 4 rings (SSSR count). The summed E-state index contributed by atoms with van der Waals surface area (Å²) in [4.78, 5) is 25.1. The molecule has 3 heterocycles. The number of pyridine rings is 3. The van der Waals surface area contributed by atoms with Crippen LogP contribution in [0.15, 0.2) is 61.1 Å². The zero-order valence-corrected chi connectivity index (χ0v) is 17.7. The van der Waals surface area contributed by atoms with E-state index in [9.17, 15) is 4.79 Å². The maximum Gasteiger partial charge on any atom is 0.320 e. The molecule has 4 aromatic rings. The molecule has 0 fully saturated rings. The average Bonchev–Trinajstić information content (AvgIpc) is 2.74. The normalized spacial score (nSPS) is 10.7. The Kier molecular flexibility index (Phi) is 5.75. The van der Waals surface area contributed by atoms with Crippen molar-refractivity contribution in [1.29, 1.82) is 0 Å². The lowest BCUT2D eigenvalue weighted by Crippen LogP contribution is -2.28. The van der Waals surface area contributed by atoms with Crippen LogP contribution in [0, 0.1) is 13.8 Å². The van der Waals surface area contributed by atoms with Gasteiger partial charge < -0.3 is 10.6 Å². The van der Waals surface area contributed by atoms with Crippen molar-refractivity contribution in [3.05, 3.63) is 72.4 Å². The van der Waals surface area contributed by atoms with E-state index in [1.54, 1.807) is 18.6 Å². The number of nitrogens with one attached hydrogen (secondary N) is 3. The van der Waals surface area contributed by atoms with Crippen LogP contribution in [0.1, 0.15) is 18.3 Å². The molecule has 7 heteroatoms. The van der Waals surface area contributed by atoms with Crippen LogP contribution in [-0.2, 0) is 0 Å². The summed E-state index contributed by atoms with van der Waals surface area (Å²) < 4.78 is 0. The topological polar surface area (TPSA) is 91.8 Å². The molecule has 0 saturated heterocycles. The minimum Gasteiger partial charge on any atom is -0.354 e. The van der Waals surface area contributed by atoms with Gasteiger partial charge in [0.2, 0.25) is 0 Å². The SMILES string of the molecule is CCNC(=O)Nc1cc2c(-c3cc(C)nc(C)c3)ccc(Nc3cccnc3)c2cn1. The van der Waals surface area contributed by atoms with Gasteiger partial charge in [0.15, 0.2) is 0 Å². The van der Waals surface area contributed by atoms with Gasteiger partial charge in [0.05, 0.1) is 11.9 Å². The summed E-state index contributed by atoms with van der Waals surface area (Å²) in [6.45, 7) is 6.39. The monoisotopic (exact) mass is 412 g/mol. The quantitative estimate of drug-likeness (QED) is 0.419. The van der Waals surface area contributed by atoms with Crippen molar-refractivity contribution in [1.82, 2.24) is 20.3 Å². The Bertz CT molecular complexity index is 1220. The molecule has 0 bridgehead atoms. The highest BCUT2D eigenvalue weighted by Crippen LogP contribution is 2.35. The maximum atomic E-state index is 12.0. The first-order valence-electron chi connectivity index (χ1n) is 10.1. The molecule has 0 saturated carbocycles. The highest BCUT2D eigenvalue weighted by Gasteiger charge is 2.12. The fourth-order valence-corrected chi connectivity index (χ4v) is 3.57. The lowest BCUT2D eigenvalue weighted by Gasteiger charge is -2.15. The first-order valence-corrected chi connectivity index (χ1v) is 10.1. The number of hydrogen-bond donors (Lipinski definition) is 3. The number of amides is 2. The third-order valence-electron chi connectivity index (χ3n) is 4.81. The van der Waals surface area contributed by atoms with Crippen molar-refractivity contribution >= 4 is 34.0 Å². The van der Waals surface area contributed by atoms with Crippen LogP contribution < -0.4 is 16.0 Å². The standard InChI is InChI=1S/C24H24N6O/c1-4-26-24(31)30-23-12-20-19(17-10-15(2)28-16(3)11-17)7-8-22(21(20)14-27-23)29-18-6-5-9-25-13-18/h5-14,29H,4H2,1-3H3,(H2,26,27,30,31). The van der Waals surface area contributed by atoms with Crippen LogP contribution in [0.3, 0.4) is 0 Å². The molecule has 0 aliphatic heterocycles. The third kappa shape index (κ3) is 4.61. The summed E-state index contributed by atoms with van der Waals surface area (Å²) in [7, 11) is 0. The van der Waals surface area contributed by atoms with E-state index >= 15 is 0 Å². The number of nitrogens with zero attached hydrogens (tertiary/aromatic N) is 3. The molecule has 3 aromatic heterocycles. The molecule has 0 atom stereocenters. The van der Waals surface area contributed by atoms with E-state index in [2.05, 4.69) is 49.1 Å². The largest absolute Gasteiger partial charge is 0.354 e. The van der Waals surface area contributed by atoms with Gasteiger partial charge in [0.25, 0.3) is 0 Å². The molecule has 0 unspecified atom stereocenters. The summed E-state index contributed by atoms with van der Waals surface area (Å²) in [6, 6.07) is 13.7. The molecule has 0 radical (unpaired) electrons. The van der Waals surface area contributed by atoms with E-state index in [0.717, 1.165) is 44.7 Å². The fourth-order valence-electron chi connectivity index (χ4n) is 3.57. The molecule has 31 heavy (non-hydrogen) atoms. The van der Waals surface area contributed by atoms with Gasteiger partial charge in [0.1, 0.15) is 5.82 Å². The summed E-state index contributed by atoms with van der Waals surface area (Å²) >= 11 is 0. The van der Waals surface area contributed by atoms with Crippen LogP contribution >= 0.6 is 0 Å². The summed E-state index contributed by atoms with van der Waals surface area (Å²) in [5, 5.41) is 10.9. The number of aryl methyl sites for hydroxylation is 2.